The van der Waals surface area contributed by atoms with Crippen molar-refractivity contribution in [3.63, 3.8) is 0 Å². The first kappa shape index (κ1) is 19.3. The number of anilines is 1. The number of hydrogen-bond donors (Lipinski definition) is 3. The summed E-state index contributed by atoms with van der Waals surface area (Å²) in [5.74, 6) is -0.753. The van der Waals surface area contributed by atoms with Crippen molar-refractivity contribution >= 4 is 34.4 Å². The number of carbonyl (C=O) groups is 3. The molecule has 30 heavy (non-hydrogen) atoms. The summed E-state index contributed by atoms with van der Waals surface area (Å²) in [4.78, 5) is 52.7. The van der Waals surface area contributed by atoms with Crippen LogP contribution in [0.2, 0.25) is 0 Å². The maximum absolute atomic E-state index is 12.5. The zero-order valence-electron chi connectivity index (χ0n) is 16.1. The fourth-order valence-electron chi connectivity index (χ4n) is 3.37. The van der Waals surface area contributed by atoms with Crippen molar-refractivity contribution in [3.8, 4) is 0 Å². The fourth-order valence-corrected chi connectivity index (χ4v) is 3.37. The van der Waals surface area contributed by atoms with Gasteiger partial charge in [-0.1, -0.05) is 24.3 Å². The van der Waals surface area contributed by atoms with E-state index in [9.17, 15) is 19.2 Å². The minimum absolute atomic E-state index is 0.0681. The first-order chi connectivity index (χ1) is 14.4. The smallest absolute Gasteiger partial charge is 0.322 e. The third-order valence-corrected chi connectivity index (χ3v) is 5.08. The lowest BCUT2D eigenvalue weighted by Gasteiger charge is -2.21. The van der Waals surface area contributed by atoms with Gasteiger partial charge in [-0.2, -0.15) is 0 Å². The van der Waals surface area contributed by atoms with Gasteiger partial charge in [0, 0.05) is 18.7 Å². The van der Waals surface area contributed by atoms with Crippen LogP contribution in [0.3, 0.4) is 0 Å². The number of fused-ring (bicyclic) bond motifs is 1. The molecule has 0 aliphatic carbocycles. The maximum Gasteiger partial charge on any atom is 0.322 e. The third kappa shape index (κ3) is 3.52. The Morgan fingerprint density at radius 2 is 1.93 bits per heavy atom. The van der Waals surface area contributed by atoms with E-state index in [4.69, 9.17) is 0 Å². The normalized spacial score (nSPS) is 18.2. The molecule has 9 nitrogen and oxygen atoms in total. The number of hydrogen-bond acceptors (Lipinski definition) is 5. The van der Waals surface area contributed by atoms with Crippen LogP contribution in [0.4, 0.5) is 10.5 Å². The molecule has 1 aliphatic heterocycles. The second-order valence-corrected chi connectivity index (χ2v) is 7.17. The molecule has 0 unspecified atom stereocenters. The Balaban J connectivity index is 1.45. The molecule has 9 heteroatoms. The van der Waals surface area contributed by atoms with Crippen LogP contribution >= 0.6 is 0 Å². The highest BCUT2D eigenvalue weighted by atomic mass is 16.2. The van der Waals surface area contributed by atoms with E-state index in [1.807, 2.05) is 6.07 Å². The van der Waals surface area contributed by atoms with Crippen LogP contribution < -0.4 is 21.5 Å². The number of nitrogens with zero attached hydrogens (tertiary/aromatic N) is 2. The quantitative estimate of drug-likeness (QED) is 0.555. The number of carbonyl (C=O) groups excluding carboxylic acids is 3. The molecule has 3 aromatic rings. The SMILES string of the molecule is C[C@]1(c2cccc(NC(=O)CCn3cnc4ccccc4c3=O)c2)NC(=O)NC1=O. The van der Waals surface area contributed by atoms with Gasteiger partial charge in [0.2, 0.25) is 5.91 Å². The molecule has 1 aromatic heterocycles. The molecule has 1 fully saturated rings. The van der Waals surface area contributed by atoms with Crippen molar-refractivity contribution in [2.45, 2.75) is 25.4 Å². The third-order valence-electron chi connectivity index (χ3n) is 5.08. The van der Waals surface area contributed by atoms with Crippen LogP contribution in [0, 0.1) is 0 Å². The highest BCUT2D eigenvalue weighted by molar-refractivity contribution is 6.07. The summed E-state index contributed by atoms with van der Waals surface area (Å²) in [6.07, 6.45) is 1.50. The van der Waals surface area contributed by atoms with Crippen LogP contribution in [0.1, 0.15) is 18.9 Å². The van der Waals surface area contributed by atoms with Gasteiger partial charge in [0.15, 0.2) is 0 Å². The molecule has 2 heterocycles. The van der Waals surface area contributed by atoms with E-state index in [2.05, 4.69) is 20.9 Å². The molecular formula is C21H19N5O4. The Bertz CT molecular complexity index is 1240. The first-order valence-corrected chi connectivity index (χ1v) is 9.35. The highest BCUT2D eigenvalue weighted by Gasteiger charge is 2.43. The largest absolute Gasteiger partial charge is 0.326 e. The molecule has 152 valence electrons. The number of rotatable bonds is 5. The molecule has 0 spiro atoms. The van der Waals surface area contributed by atoms with E-state index in [0.29, 0.717) is 22.2 Å². The van der Waals surface area contributed by atoms with E-state index in [-0.39, 0.29) is 24.4 Å². The van der Waals surface area contributed by atoms with Gasteiger partial charge in [-0.3, -0.25) is 24.3 Å². The van der Waals surface area contributed by atoms with E-state index < -0.39 is 17.5 Å². The summed E-state index contributed by atoms with van der Waals surface area (Å²) >= 11 is 0. The number of imide groups is 1. The molecule has 4 rings (SSSR count). The topological polar surface area (TPSA) is 122 Å². The molecule has 0 radical (unpaired) electrons. The van der Waals surface area contributed by atoms with Crippen LogP contribution in [0.15, 0.2) is 59.7 Å². The summed E-state index contributed by atoms with van der Waals surface area (Å²) in [6.45, 7) is 1.77. The molecular weight excluding hydrogens is 386 g/mol. The van der Waals surface area contributed by atoms with Crippen molar-refractivity contribution in [1.82, 2.24) is 20.2 Å². The molecule has 3 N–H and O–H groups in total. The lowest BCUT2D eigenvalue weighted by molar-refractivity contribution is -0.123. The van der Waals surface area contributed by atoms with Gasteiger partial charge < -0.3 is 10.6 Å². The predicted octanol–water partition coefficient (Wildman–Crippen LogP) is 1.48. The summed E-state index contributed by atoms with van der Waals surface area (Å²) in [5, 5.41) is 8.05. The standard InChI is InChI=1S/C21H19N5O4/c1-21(19(29)24-20(30)25-21)13-5-4-6-14(11-13)23-17(27)9-10-26-12-22-16-8-3-2-7-15(16)18(26)28/h2-8,11-12H,9-10H2,1H3,(H,23,27)(H2,24,25,29,30)/t21-/m1/s1. The van der Waals surface area contributed by atoms with Crippen molar-refractivity contribution in [2.24, 2.45) is 0 Å². The van der Waals surface area contributed by atoms with Crippen molar-refractivity contribution in [1.29, 1.82) is 0 Å². The maximum atomic E-state index is 12.5. The van der Waals surface area contributed by atoms with Gasteiger partial charge in [-0.05, 0) is 36.8 Å². The second-order valence-electron chi connectivity index (χ2n) is 7.17. The summed E-state index contributed by atoms with van der Waals surface area (Å²) in [7, 11) is 0. The zero-order chi connectivity index (χ0) is 21.3. The average molecular weight is 405 g/mol. The predicted molar refractivity (Wildman–Crippen MR) is 110 cm³/mol. The summed E-state index contributed by atoms with van der Waals surface area (Å²) in [5.41, 5.74) is 0.222. The van der Waals surface area contributed by atoms with Crippen LogP contribution in [-0.2, 0) is 21.7 Å². The second kappa shape index (κ2) is 7.43. The fraction of sp³-hybridized carbons (Fsp3) is 0.190. The Labute approximate surface area is 171 Å². The van der Waals surface area contributed by atoms with E-state index >= 15 is 0 Å². The van der Waals surface area contributed by atoms with E-state index in [0.717, 1.165) is 0 Å². The zero-order valence-corrected chi connectivity index (χ0v) is 16.1. The number of nitrogens with one attached hydrogen (secondary N) is 3. The van der Waals surface area contributed by atoms with Gasteiger partial charge in [0.05, 0.1) is 17.2 Å². The number of urea groups is 1. The highest BCUT2D eigenvalue weighted by Crippen LogP contribution is 2.26. The molecule has 1 aliphatic rings. The molecule has 2 aromatic carbocycles. The number of aryl methyl sites for hydroxylation is 1. The summed E-state index contributed by atoms with van der Waals surface area (Å²) < 4.78 is 1.40. The molecule has 4 amide bonds. The van der Waals surface area contributed by atoms with Gasteiger partial charge in [0.25, 0.3) is 11.5 Å². The van der Waals surface area contributed by atoms with Gasteiger partial charge in [-0.25, -0.2) is 9.78 Å². The lowest BCUT2D eigenvalue weighted by Crippen LogP contribution is -2.40. The van der Waals surface area contributed by atoms with Gasteiger partial charge in [0.1, 0.15) is 5.54 Å². The Morgan fingerprint density at radius 3 is 2.70 bits per heavy atom. The van der Waals surface area contributed by atoms with E-state index in [1.165, 1.54) is 10.9 Å². The van der Waals surface area contributed by atoms with Crippen molar-refractivity contribution in [3.05, 3.63) is 70.8 Å². The molecule has 0 bridgehead atoms. The molecule has 1 atom stereocenters. The summed E-state index contributed by atoms with van der Waals surface area (Å²) in [6, 6.07) is 13.2. The minimum atomic E-state index is -1.21. The minimum Gasteiger partial charge on any atom is -0.326 e. The number of para-hydroxylation sites is 1. The lowest BCUT2D eigenvalue weighted by atomic mass is 9.92. The molecule has 0 saturated carbocycles. The van der Waals surface area contributed by atoms with Gasteiger partial charge >= 0.3 is 6.03 Å². The van der Waals surface area contributed by atoms with Gasteiger partial charge in [-0.15, -0.1) is 0 Å². The van der Waals surface area contributed by atoms with Crippen LogP contribution in [0.5, 0.6) is 0 Å². The van der Waals surface area contributed by atoms with Crippen LogP contribution in [-0.4, -0.2) is 27.4 Å². The first-order valence-electron chi connectivity index (χ1n) is 9.35. The Hall–Kier alpha value is -4.01. The monoisotopic (exact) mass is 405 g/mol. The Kier molecular flexibility index (Phi) is 4.78. The number of benzene rings is 2. The van der Waals surface area contributed by atoms with E-state index in [1.54, 1.807) is 49.4 Å². The number of amides is 4. The Morgan fingerprint density at radius 1 is 1.13 bits per heavy atom. The van der Waals surface area contributed by atoms with Crippen molar-refractivity contribution in [2.75, 3.05) is 5.32 Å². The number of aromatic nitrogens is 2. The average Bonchev–Trinajstić information content (AvgIpc) is 3.00. The van der Waals surface area contributed by atoms with Crippen LogP contribution in [0.25, 0.3) is 10.9 Å². The van der Waals surface area contributed by atoms with Crippen molar-refractivity contribution < 1.29 is 14.4 Å². The molecule has 1 saturated heterocycles.